The topological polar surface area (TPSA) is 78.5 Å². The van der Waals surface area contributed by atoms with E-state index >= 15 is 0 Å². The van der Waals surface area contributed by atoms with Crippen LogP contribution in [0.1, 0.15) is 27.9 Å². The van der Waals surface area contributed by atoms with E-state index in [0.717, 1.165) is 11.1 Å². The first-order valence-corrected chi connectivity index (χ1v) is 10.5. The molecule has 1 aliphatic heterocycles. The summed E-state index contributed by atoms with van der Waals surface area (Å²) in [5.41, 5.74) is 4.64. The molecule has 0 saturated carbocycles. The Morgan fingerprint density at radius 3 is 2.34 bits per heavy atom. The Morgan fingerprint density at radius 2 is 1.59 bits per heavy atom. The number of nitrogens with zero attached hydrogens (tertiary/aromatic N) is 1. The number of benzene rings is 3. The van der Waals surface area contributed by atoms with Crippen LogP contribution in [-0.4, -0.2) is 24.3 Å². The lowest BCUT2D eigenvalue weighted by Gasteiger charge is -2.18. The zero-order valence-corrected chi connectivity index (χ0v) is 18.1. The van der Waals surface area contributed by atoms with Gasteiger partial charge in [-0.15, -0.1) is 0 Å². The van der Waals surface area contributed by atoms with Crippen LogP contribution in [0.4, 0.5) is 17.1 Å². The van der Waals surface area contributed by atoms with Crippen molar-refractivity contribution in [1.29, 1.82) is 0 Å². The molecule has 0 unspecified atom stereocenters. The van der Waals surface area contributed by atoms with Gasteiger partial charge >= 0.3 is 0 Å². The van der Waals surface area contributed by atoms with E-state index in [4.69, 9.17) is 0 Å². The van der Waals surface area contributed by atoms with Crippen molar-refractivity contribution < 1.29 is 14.4 Å². The van der Waals surface area contributed by atoms with E-state index in [-0.39, 0.29) is 30.7 Å². The number of carbonyl (C=O) groups excluding carboxylic acids is 3. The summed E-state index contributed by atoms with van der Waals surface area (Å²) < 4.78 is 0. The Morgan fingerprint density at radius 1 is 0.844 bits per heavy atom. The number of anilines is 3. The molecule has 6 nitrogen and oxygen atoms in total. The molecule has 1 atom stereocenters. The molecule has 6 heteroatoms. The van der Waals surface area contributed by atoms with Crippen LogP contribution in [0.2, 0.25) is 0 Å². The average molecular weight is 428 g/mol. The van der Waals surface area contributed by atoms with Gasteiger partial charge in [0.15, 0.2) is 0 Å². The first kappa shape index (κ1) is 21.3. The van der Waals surface area contributed by atoms with Crippen molar-refractivity contribution in [3.63, 3.8) is 0 Å². The first-order valence-electron chi connectivity index (χ1n) is 10.5. The van der Waals surface area contributed by atoms with Crippen LogP contribution in [0.15, 0.2) is 72.8 Å². The van der Waals surface area contributed by atoms with E-state index in [1.165, 1.54) is 0 Å². The maximum absolute atomic E-state index is 12.7. The van der Waals surface area contributed by atoms with Crippen LogP contribution in [0, 0.1) is 19.8 Å². The van der Waals surface area contributed by atoms with Crippen molar-refractivity contribution in [3.8, 4) is 0 Å². The fourth-order valence-electron chi connectivity index (χ4n) is 3.76. The van der Waals surface area contributed by atoms with Gasteiger partial charge in [0, 0.05) is 35.6 Å². The first-order chi connectivity index (χ1) is 15.4. The second kappa shape index (κ2) is 9.06. The Kier molecular flexibility index (Phi) is 6.03. The van der Waals surface area contributed by atoms with Gasteiger partial charge in [0.1, 0.15) is 0 Å². The maximum Gasteiger partial charge on any atom is 0.255 e. The highest BCUT2D eigenvalue weighted by atomic mass is 16.2. The minimum atomic E-state index is -0.450. The van der Waals surface area contributed by atoms with Gasteiger partial charge in [-0.3, -0.25) is 14.4 Å². The molecule has 2 N–H and O–H groups in total. The van der Waals surface area contributed by atoms with Crippen molar-refractivity contribution in [3.05, 3.63) is 89.5 Å². The van der Waals surface area contributed by atoms with E-state index in [0.29, 0.717) is 22.6 Å². The van der Waals surface area contributed by atoms with Gasteiger partial charge in [0.25, 0.3) is 5.91 Å². The summed E-state index contributed by atoms with van der Waals surface area (Å²) in [5, 5.41) is 5.76. The Bertz CT molecular complexity index is 1170. The van der Waals surface area contributed by atoms with Gasteiger partial charge in [-0.1, -0.05) is 35.9 Å². The lowest BCUT2D eigenvalue weighted by atomic mass is 10.1. The molecule has 1 fully saturated rings. The molecule has 32 heavy (non-hydrogen) atoms. The van der Waals surface area contributed by atoms with Crippen molar-refractivity contribution in [2.75, 3.05) is 22.1 Å². The summed E-state index contributed by atoms with van der Waals surface area (Å²) in [6.45, 7) is 4.22. The summed E-state index contributed by atoms with van der Waals surface area (Å²) >= 11 is 0. The largest absolute Gasteiger partial charge is 0.326 e. The van der Waals surface area contributed by atoms with E-state index in [2.05, 4.69) is 10.6 Å². The highest BCUT2D eigenvalue weighted by molar-refractivity contribution is 6.07. The van der Waals surface area contributed by atoms with Crippen LogP contribution in [0.3, 0.4) is 0 Å². The van der Waals surface area contributed by atoms with Crippen molar-refractivity contribution >= 4 is 34.8 Å². The van der Waals surface area contributed by atoms with Gasteiger partial charge in [0.2, 0.25) is 11.8 Å². The van der Waals surface area contributed by atoms with E-state index < -0.39 is 5.92 Å². The molecule has 0 spiro atoms. The molecule has 162 valence electrons. The quantitative estimate of drug-likeness (QED) is 0.627. The van der Waals surface area contributed by atoms with Crippen molar-refractivity contribution in [2.24, 2.45) is 5.92 Å². The third kappa shape index (κ3) is 4.86. The summed E-state index contributed by atoms with van der Waals surface area (Å²) in [7, 11) is 0. The Hall–Kier alpha value is -3.93. The summed E-state index contributed by atoms with van der Waals surface area (Å²) in [4.78, 5) is 39.6. The van der Waals surface area contributed by atoms with E-state index in [1.54, 1.807) is 29.2 Å². The Labute approximate surface area is 187 Å². The smallest absolute Gasteiger partial charge is 0.255 e. The number of hydrogen-bond donors (Lipinski definition) is 2. The predicted octanol–water partition coefficient (Wildman–Crippen LogP) is 4.55. The second-order valence-electron chi connectivity index (χ2n) is 8.13. The normalized spacial score (nSPS) is 15.5. The maximum atomic E-state index is 12.7. The minimum Gasteiger partial charge on any atom is -0.326 e. The predicted molar refractivity (Wildman–Crippen MR) is 126 cm³/mol. The molecule has 0 aliphatic carbocycles. The van der Waals surface area contributed by atoms with Gasteiger partial charge in [0.05, 0.1) is 5.92 Å². The molecule has 1 aliphatic rings. The Balaban J connectivity index is 1.44. The van der Waals surface area contributed by atoms with E-state index in [1.807, 2.05) is 62.4 Å². The number of aryl methyl sites for hydroxylation is 2. The van der Waals surface area contributed by atoms with Crippen LogP contribution in [0.25, 0.3) is 0 Å². The van der Waals surface area contributed by atoms with Crippen LogP contribution in [0.5, 0.6) is 0 Å². The number of nitrogens with one attached hydrogen (secondary N) is 2. The molecule has 4 rings (SSSR count). The molecule has 1 saturated heterocycles. The van der Waals surface area contributed by atoms with Crippen LogP contribution in [-0.2, 0) is 9.59 Å². The summed E-state index contributed by atoms with van der Waals surface area (Å²) in [5.74, 6) is -1.02. The van der Waals surface area contributed by atoms with Gasteiger partial charge in [-0.05, 0) is 61.9 Å². The van der Waals surface area contributed by atoms with Crippen LogP contribution >= 0.6 is 0 Å². The fourth-order valence-corrected chi connectivity index (χ4v) is 3.76. The lowest BCUT2D eigenvalue weighted by Crippen LogP contribution is -2.28. The molecule has 3 aromatic carbocycles. The van der Waals surface area contributed by atoms with Crippen molar-refractivity contribution in [1.82, 2.24) is 0 Å². The molecular weight excluding hydrogens is 402 g/mol. The monoisotopic (exact) mass is 427 g/mol. The molecule has 3 aromatic rings. The highest BCUT2D eigenvalue weighted by Crippen LogP contribution is 2.27. The number of rotatable bonds is 5. The SMILES string of the molecule is Cc1ccc(NC(=O)[C@H]2CC(=O)N(c3cccc(C(=O)Nc4cccc(C)c4)c3)C2)cc1. The summed E-state index contributed by atoms with van der Waals surface area (Å²) in [6.07, 6.45) is 0.136. The average Bonchev–Trinajstić information content (AvgIpc) is 3.17. The highest BCUT2D eigenvalue weighted by Gasteiger charge is 2.35. The third-order valence-electron chi connectivity index (χ3n) is 5.51. The number of amides is 3. The van der Waals surface area contributed by atoms with Gasteiger partial charge in [-0.25, -0.2) is 0 Å². The summed E-state index contributed by atoms with van der Waals surface area (Å²) in [6, 6.07) is 22.0. The van der Waals surface area contributed by atoms with Gasteiger partial charge in [-0.2, -0.15) is 0 Å². The van der Waals surface area contributed by atoms with Gasteiger partial charge < -0.3 is 15.5 Å². The van der Waals surface area contributed by atoms with Crippen LogP contribution < -0.4 is 15.5 Å². The lowest BCUT2D eigenvalue weighted by molar-refractivity contribution is -0.122. The van der Waals surface area contributed by atoms with E-state index in [9.17, 15) is 14.4 Å². The zero-order chi connectivity index (χ0) is 22.7. The third-order valence-corrected chi connectivity index (χ3v) is 5.51. The molecule has 1 heterocycles. The number of hydrogen-bond acceptors (Lipinski definition) is 3. The zero-order valence-electron chi connectivity index (χ0n) is 18.1. The van der Waals surface area contributed by atoms with Crippen molar-refractivity contribution in [2.45, 2.75) is 20.3 Å². The standard InChI is InChI=1S/C26H25N3O3/c1-17-9-11-21(12-10-17)27-26(32)20-15-24(30)29(16-20)23-8-4-6-19(14-23)25(31)28-22-7-3-5-18(2)13-22/h3-14,20H,15-16H2,1-2H3,(H,27,32)(H,28,31)/t20-/m0/s1. The molecule has 0 bridgehead atoms. The molecular formula is C26H25N3O3. The molecule has 0 radical (unpaired) electrons. The minimum absolute atomic E-state index is 0.134. The molecule has 0 aromatic heterocycles. The number of carbonyl (C=O) groups is 3. The second-order valence-corrected chi connectivity index (χ2v) is 8.13. The fraction of sp³-hybridized carbons (Fsp3) is 0.192. The molecule has 3 amide bonds.